The molecule has 0 aromatic heterocycles. The largest absolute Gasteiger partial charge is 0.321 e. The van der Waals surface area contributed by atoms with E-state index >= 15 is 0 Å². The van der Waals surface area contributed by atoms with Crippen molar-refractivity contribution in [2.45, 2.75) is 24.8 Å². The van der Waals surface area contributed by atoms with Gasteiger partial charge >= 0.3 is 0 Å². The standard InChI is InChI=1S/C18H17FN2O3S/c1-11(2)21-25(23,24)14-5-3-4-12(8-14)9-16-15-7-6-13(19)10-17(15)20-18(16)22/h3-11,21H,1-2H3,(H,20,22). The molecule has 0 saturated carbocycles. The molecule has 0 fully saturated rings. The first-order valence-electron chi connectivity index (χ1n) is 7.71. The van der Waals surface area contributed by atoms with Crippen molar-refractivity contribution in [1.29, 1.82) is 0 Å². The second kappa shape index (κ2) is 6.42. The Morgan fingerprint density at radius 3 is 2.64 bits per heavy atom. The van der Waals surface area contributed by atoms with Gasteiger partial charge in [0.15, 0.2) is 0 Å². The second-order valence-electron chi connectivity index (χ2n) is 6.05. The van der Waals surface area contributed by atoms with Crippen LogP contribution in [0.1, 0.15) is 25.0 Å². The average Bonchev–Trinajstić information content (AvgIpc) is 2.81. The van der Waals surface area contributed by atoms with E-state index in [1.165, 1.54) is 30.3 Å². The molecule has 0 atom stereocenters. The molecule has 25 heavy (non-hydrogen) atoms. The lowest BCUT2D eigenvalue weighted by molar-refractivity contribution is -0.110. The number of anilines is 1. The van der Waals surface area contributed by atoms with Crippen molar-refractivity contribution >= 4 is 33.3 Å². The van der Waals surface area contributed by atoms with Crippen molar-refractivity contribution in [3.63, 3.8) is 0 Å². The average molecular weight is 360 g/mol. The molecule has 1 amide bonds. The zero-order chi connectivity index (χ0) is 18.2. The smallest absolute Gasteiger partial charge is 0.256 e. The molecule has 2 aromatic carbocycles. The molecule has 0 saturated heterocycles. The summed E-state index contributed by atoms with van der Waals surface area (Å²) in [4.78, 5) is 12.3. The maximum atomic E-state index is 13.3. The highest BCUT2D eigenvalue weighted by atomic mass is 32.2. The van der Waals surface area contributed by atoms with Crippen LogP contribution in [0.3, 0.4) is 0 Å². The summed E-state index contributed by atoms with van der Waals surface area (Å²) in [6, 6.07) is 10.1. The number of amides is 1. The summed E-state index contributed by atoms with van der Waals surface area (Å²) in [7, 11) is -3.62. The first kappa shape index (κ1) is 17.3. The van der Waals surface area contributed by atoms with E-state index in [9.17, 15) is 17.6 Å². The minimum Gasteiger partial charge on any atom is -0.321 e. The summed E-state index contributed by atoms with van der Waals surface area (Å²) in [5.41, 5.74) is 1.91. The molecule has 2 aromatic rings. The SMILES string of the molecule is CC(C)NS(=O)(=O)c1cccc(C=C2C(=O)Nc3cc(F)ccc32)c1. The van der Waals surface area contributed by atoms with Crippen LogP contribution in [-0.2, 0) is 14.8 Å². The predicted octanol–water partition coefficient (Wildman–Crippen LogP) is 3.01. The zero-order valence-corrected chi connectivity index (χ0v) is 14.5. The van der Waals surface area contributed by atoms with Gasteiger partial charge in [-0.15, -0.1) is 0 Å². The number of sulfonamides is 1. The summed E-state index contributed by atoms with van der Waals surface area (Å²) in [5.74, 6) is -0.790. The Hall–Kier alpha value is -2.51. The van der Waals surface area contributed by atoms with E-state index < -0.39 is 15.8 Å². The van der Waals surface area contributed by atoms with E-state index in [2.05, 4.69) is 10.0 Å². The van der Waals surface area contributed by atoms with E-state index in [-0.39, 0.29) is 16.8 Å². The number of halogens is 1. The molecule has 1 aliphatic rings. The molecule has 1 aliphatic heterocycles. The van der Waals surface area contributed by atoms with Gasteiger partial charge in [-0.1, -0.05) is 12.1 Å². The molecule has 5 nitrogen and oxygen atoms in total. The van der Waals surface area contributed by atoms with E-state index in [0.717, 1.165) is 0 Å². The third-order valence-corrected chi connectivity index (χ3v) is 5.29. The van der Waals surface area contributed by atoms with Crippen LogP contribution in [0.15, 0.2) is 47.4 Å². The van der Waals surface area contributed by atoms with Crippen molar-refractivity contribution in [2.75, 3.05) is 5.32 Å². The van der Waals surface area contributed by atoms with Gasteiger partial charge in [-0.05, 0) is 55.8 Å². The minimum atomic E-state index is -3.62. The number of hydrogen-bond donors (Lipinski definition) is 2. The molecule has 7 heteroatoms. The summed E-state index contributed by atoms with van der Waals surface area (Å²) in [6.45, 7) is 3.48. The molecule has 0 aliphatic carbocycles. The highest BCUT2D eigenvalue weighted by Gasteiger charge is 2.24. The van der Waals surface area contributed by atoms with Crippen LogP contribution >= 0.6 is 0 Å². The van der Waals surface area contributed by atoms with Crippen molar-refractivity contribution in [1.82, 2.24) is 4.72 Å². The summed E-state index contributed by atoms with van der Waals surface area (Å²) in [5, 5.41) is 2.60. The Bertz CT molecular complexity index is 982. The lowest BCUT2D eigenvalue weighted by Gasteiger charge is -2.10. The number of nitrogens with one attached hydrogen (secondary N) is 2. The Morgan fingerprint density at radius 1 is 1.16 bits per heavy atom. The van der Waals surface area contributed by atoms with Gasteiger partial charge in [-0.25, -0.2) is 17.5 Å². The molecule has 0 radical (unpaired) electrons. The molecular formula is C18H17FN2O3S. The van der Waals surface area contributed by atoms with Gasteiger partial charge in [0.1, 0.15) is 5.82 Å². The molecule has 0 bridgehead atoms. The Morgan fingerprint density at radius 2 is 1.92 bits per heavy atom. The number of rotatable bonds is 4. The Kier molecular flexibility index (Phi) is 4.45. The van der Waals surface area contributed by atoms with E-state index in [1.54, 1.807) is 32.1 Å². The van der Waals surface area contributed by atoms with Crippen LogP contribution in [0.2, 0.25) is 0 Å². The van der Waals surface area contributed by atoms with Crippen LogP contribution < -0.4 is 10.0 Å². The van der Waals surface area contributed by atoms with Crippen molar-refractivity contribution < 1.29 is 17.6 Å². The van der Waals surface area contributed by atoms with Gasteiger partial charge in [-0.2, -0.15) is 0 Å². The zero-order valence-electron chi connectivity index (χ0n) is 13.7. The molecule has 3 rings (SSSR count). The van der Waals surface area contributed by atoms with Gasteiger partial charge in [0.25, 0.3) is 5.91 Å². The normalized spacial score (nSPS) is 15.5. The Balaban J connectivity index is 2.01. The summed E-state index contributed by atoms with van der Waals surface area (Å²) in [6.07, 6.45) is 1.59. The minimum absolute atomic E-state index is 0.119. The van der Waals surface area contributed by atoms with Gasteiger partial charge in [0.2, 0.25) is 10.0 Å². The monoisotopic (exact) mass is 360 g/mol. The third-order valence-electron chi connectivity index (χ3n) is 3.63. The fourth-order valence-electron chi connectivity index (χ4n) is 2.63. The predicted molar refractivity (Wildman–Crippen MR) is 94.8 cm³/mol. The van der Waals surface area contributed by atoms with E-state index in [0.29, 0.717) is 22.4 Å². The van der Waals surface area contributed by atoms with Crippen LogP contribution in [0.5, 0.6) is 0 Å². The van der Waals surface area contributed by atoms with Gasteiger partial charge in [0.05, 0.1) is 10.6 Å². The highest BCUT2D eigenvalue weighted by molar-refractivity contribution is 7.89. The van der Waals surface area contributed by atoms with E-state index in [1.807, 2.05) is 0 Å². The number of benzene rings is 2. The first-order chi connectivity index (χ1) is 11.8. The van der Waals surface area contributed by atoms with Gasteiger partial charge in [-0.3, -0.25) is 4.79 Å². The summed E-state index contributed by atoms with van der Waals surface area (Å²) >= 11 is 0. The maximum absolute atomic E-state index is 13.3. The number of carbonyl (C=O) groups is 1. The number of hydrogen-bond acceptors (Lipinski definition) is 3. The quantitative estimate of drug-likeness (QED) is 0.823. The van der Waals surface area contributed by atoms with Crippen LogP contribution in [0.4, 0.5) is 10.1 Å². The fraction of sp³-hybridized carbons (Fsp3) is 0.167. The van der Waals surface area contributed by atoms with Gasteiger partial charge in [0, 0.05) is 17.2 Å². The van der Waals surface area contributed by atoms with Gasteiger partial charge < -0.3 is 5.32 Å². The molecule has 1 heterocycles. The lowest BCUT2D eigenvalue weighted by Crippen LogP contribution is -2.30. The first-order valence-corrected chi connectivity index (χ1v) is 9.20. The number of fused-ring (bicyclic) bond motifs is 1. The van der Waals surface area contributed by atoms with E-state index in [4.69, 9.17) is 0 Å². The Labute approximate surface area is 145 Å². The lowest BCUT2D eigenvalue weighted by atomic mass is 10.0. The molecule has 2 N–H and O–H groups in total. The van der Waals surface area contributed by atoms with Crippen LogP contribution in [0, 0.1) is 5.82 Å². The summed E-state index contributed by atoms with van der Waals surface area (Å²) < 4.78 is 40.4. The van der Waals surface area contributed by atoms with Crippen LogP contribution in [-0.4, -0.2) is 20.4 Å². The topological polar surface area (TPSA) is 75.3 Å². The maximum Gasteiger partial charge on any atom is 0.256 e. The highest BCUT2D eigenvalue weighted by Crippen LogP contribution is 2.33. The molecule has 0 spiro atoms. The third kappa shape index (κ3) is 3.62. The fourth-order valence-corrected chi connectivity index (χ4v) is 3.93. The second-order valence-corrected chi connectivity index (χ2v) is 7.76. The van der Waals surface area contributed by atoms with Crippen molar-refractivity contribution in [2.24, 2.45) is 0 Å². The van der Waals surface area contributed by atoms with Crippen molar-refractivity contribution in [3.05, 3.63) is 59.4 Å². The molecular weight excluding hydrogens is 343 g/mol. The molecule has 0 unspecified atom stereocenters. The van der Waals surface area contributed by atoms with Crippen molar-refractivity contribution in [3.8, 4) is 0 Å². The molecule has 130 valence electrons. The number of carbonyl (C=O) groups excluding carboxylic acids is 1. The van der Waals surface area contributed by atoms with Crippen LogP contribution in [0.25, 0.3) is 11.6 Å².